The first-order valence-electron chi connectivity index (χ1n) is 13.2. The summed E-state index contributed by atoms with van der Waals surface area (Å²) in [5.41, 5.74) is 8.23. The monoisotopic (exact) mass is 533 g/mol. The third kappa shape index (κ3) is 5.48. The molecule has 5 heterocycles. The van der Waals surface area contributed by atoms with Gasteiger partial charge in [0.25, 0.3) is 0 Å². The Kier molecular flexibility index (Phi) is 7.07. The molecule has 40 heavy (non-hydrogen) atoms. The third-order valence-corrected chi connectivity index (χ3v) is 6.86. The van der Waals surface area contributed by atoms with Gasteiger partial charge in [-0.25, -0.2) is 15.0 Å². The minimum absolute atomic E-state index is 0.648. The van der Waals surface area contributed by atoms with Gasteiger partial charge in [0.2, 0.25) is 0 Å². The van der Waals surface area contributed by atoms with Crippen LogP contribution >= 0.6 is 0 Å². The second-order valence-corrected chi connectivity index (χ2v) is 9.71. The van der Waals surface area contributed by atoms with Gasteiger partial charge in [0.05, 0.1) is 41.8 Å². The minimum Gasteiger partial charge on any atom is -0.378 e. The number of hydrogen-bond acceptors (Lipinski definition) is 9. The largest absolute Gasteiger partial charge is 0.378 e. The molecule has 1 aliphatic rings. The van der Waals surface area contributed by atoms with Crippen LogP contribution in [0.3, 0.4) is 0 Å². The zero-order valence-corrected chi connectivity index (χ0v) is 22.8. The summed E-state index contributed by atoms with van der Waals surface area (Å²) in [5.74, 6) is 1.45. The first-order valence-corrected chi connectivity index (χ1v) is 13.2. The zero-order valence-electron chi connectivity index (χ0n) is 22.8. The predicted molar refractivity (Wildman–Crippen MR) is 162 cm³/mol. The average molecular weight is 534 g/mol. The van der Waals surface area contributed by atoms with Gasteiger partial charge in [0, 0.05) is 60.6 Å². The summed E-state index contributed by atoms with van der Waals surface area (Å²) in [6.07, 6.45) is 7.38. The van der Waals surface area contributed by atoms with E-state index in [2.05, 4.69) is 63.6 Å². The Morgan fingerprint density at radius 2 is 1.90 bits per heavy atom. The van der Waals surface area contributed by atoms with Crippen LogP contribution in [0.1, 0.15) is 13.8 Å². The molecule has 5 aromatic rings. The van der Waals surface area contributed by atoms with Crippen molar-refractivity contribution in [2.24, 2.45) is 4.99 Å². The molecule has 6 rings (SSSR count). The number of imidazole rings is 1. The summed E-state index contributed by atoms with van der Waals surface area (Å²) in [6, 6.07) is 14.3. The fourth-order valence-corrected chi connectivity index (χ4v) is 4.75. The highest BCUT2D eigenvalue weighted by molar-refractivity contribution is 5.95. The number of pyridine rings is 3. The minimum atomic E-state index is 0.648. The van der Waals surface area contributed by atoms with Gasteiger partial charge in [-0.2, -0.15) is 0 Å². The number of aromatic nitrogens is 5. The maximum absolute atomic E-state index is 5.51. The number of rotatable bonds is 7. The van der Waals surface area contributed by atoms with Crippen molar-refractivity contribution in [3.8, 4) is 11.4 Å². The van der Waals surface area contributed by atoms with Crippen LogP contribution in [-0.4, -0.2) is 64.0 Å². The van der Waals surface area contributed by atoms with Crippen LogP contribution < -0.4 is 15.5 Å². The molecule has 0 bridgehead atoms. The number of benzene rings is 1. The molecule has 0 radical (unpaired) electrons. The lowest BCUT2D eigenvalue weighted by Gasteiger charge is -2.29. The van der Waals surface area contributed by atoms with Crippen molar-refractivity contribution < 1.29 is 4.74 Å². The van der Waals surface area contributed by atoms with Crippen molar-refractivity contribution in [3.05, 3.63) is 72.8 Å². The number of hydrogen-bond donors (Lipinski definition) is 3. The van der Waals surface area contributed by atoms with Gasteiger partial charge in [-0.05, 0) is 62.4 Å². The number of nitrogens with zero attached hydrogens (tertiary/aromatic N) is 6. The lowest BCUT2D eigenvalue weighted by Crippen LogP contribution is -2.36. The van der Waals surface area contributed by atoms with E-state index in [0.717, 1.165) is 76.9 Å². The van der Waals surface area contributed by atoms with Crippen molar-refractivity contribution in [1.29, 1.82) is 0 Å². The number of anilines is 4. The van der Waals surface area contributed by atoms with Crippen molar-refractivity contribution in [1.82, 2.24) is 24.9 Å². The van der Waals surface area contributed by atoms with E-state index in [-0.39, 0.29) is 0 Å². The fourth-order valence-electron chi connectivity index (χ4n) is 4.75. The molecule has 4 aromatic heterocycles. The highest BCUT2D eigenvalue weighted by Crippen LogP contribution is 2.30. The van der Waals surface area contributed by atoms with Gasteiger partial charge < -0.3 is 25.3 Å². The summed E-state index contributed by atoms with van der Waals surface area (Å²) in [4.78, 5) is 28.3. The molecule has 0 atom stereocenters. The van der Waals surface area contributed by atoms with E-state index < -0.39 is 0 Å². The van der Waals surface area contributed by atoms with Gasteiger partial charge in [0.15, 0.2) is 5.65 Å². The van der Waals surface area contributed by atoms with Crippen LogP contribution in [0.2, 0.25) is 0 Å². The fraction of sp³-hybridized carbons (Fsp3) is 0.233. The van der Waals surface area contributed by atoms with Gasteiger partial charge in [-0.3, -0.25) is 9.98 Å². The lowest BCUT2D eigenvalue weighted by atomic mass is 10.1. The lowest BCUT2D eigenvalue weighted by molar-refractivity contribution is 0.122. The van der Waals surface area contributed by atoms with E-state index in [1.807, 2.05) is 56.6 Å². The molecule has 1 fully saturated rings. The molecule has 1 aliphatic heterocycles. The average Bonchev–Trinajstić information content (AvgIpc) is 3.41. The van der Waals surface area contributed by atoms with E-state index in [0.29, 0.717) is 11.5 Å². The van der Waals surface area contributed by atoms with Gasteiger partial charge >= 0.3 is 0 Å². The van der Waals surface area contributed by atoms with Crippen molar-refractivity contribution in [3.63, 3.8) is 0 Å². The predicted octanol–water partition coefficient (Wildman–Crippen LogP) is 5.55. The van der Waals surface area contributed by atoms with E-state index in [9.17, 15) is 0 Å². The summed E-state index contributed by atoms with van der Waals surface area (Å²) >= 11 is 0. The van der Waals surface area contributed by atoms with Crippen LogP contribution in [0.5, 0.6) is 0 Å². The smallest absolute Gasteiger partial charge is 0.178 e. The molecule has 0 saturated carbocycles. The maximum Gasteiger partial charge on any atom is 0.178 e. The zero-order chi connectivity index (χ0) is 27.5. The number of aromatic amines is 1. The molecule has 1 aromatic carbocycles. The molecule has 3 N–H and O–H groups in total. The van der Waals surface area contributed by atoms with Gasteiger partial charge in [-0.1, -0.05) is 0 Å². The number of aliphatic imine (C=N–C) groups is 1. The molecule has 0 aliphatic carbocycles. The van der Waals surface area contributed by atoms with E-state index in [1.165, 1.54) is 5.69 Å². The Morgan fingerprint density at radius 1 is 1.02 bits per heavy atom. The summed E-state index contributed by atoms with van der Waals surface area (Å²) in [7, 11) is 1.78. The van der Waals surface area contributed by atoms with Crippen LogP contribution in [0.15, 0.2) is 77.8 Å². The van der Waals surface area contributed by atoms with Gasteiger partial charge in [-0.15, -0.1) is 0 Å². The topological polar surface area (TPSA) is 116 Å². The quantitative estimate of drug-likeness (QED) is 0.233. The first-order chi connectivity index (χ1) is 19.6. The molecule has 202 valence electrons. The summed E-state index contributed by atoms with van der Waals surface area (Å²) < 4.78 is 5.51. The number of fused-ring (bicyclic) bond motifs is 2. The number of nitrogens with one attached hydrogen (secondary N) is 3. The van der Waals surface area contributed by atoms with E-state index >= 15 is 0 Å². The normalized spacial score (nSPS) is 14.6. The Hall–Kier alpha value is -4.83. The number of morpholine rings is 1. The maximum atomic E-state index is 5.51. The van der Waals surface area contributed by atoms with Crippen molar-refractivity contribution >= 4 is 50.7 Å². The molecule has 10 heteroatoms. The third-order valence-electron chi connectivity index (χ3n) is 6.86. The van der Waals surface area contributed by atoms with Crippen LogP contribution in [0, 0.1) is 0 Å². The standard InChI is InChI=1S/C30H31N9O/c1-19(31-3)14-20(2)35-22-15-27-30(34-18-22)38-29(37-27)21-4-7-28(33-17-21)36-26-8-9-32-25-6-5-23(16-24(25)26)39-10-12-40-13-11-39/h4-9,14-18,35H,10-13H2,1-3H3,(H,32,33,36)(H,34,37,38)/b20-14+,31-19?. The van der Waals surface area contributed by atoms with Crippen LogP contribution in [-0.2, 0) is 4.74 Å². The summed E-state index contributed by atoms with van der Waals surface area (Å²) in [5, 5.41) is 7.86. The first kappa shape index (κ1) is 25.4. The van der Waals surface area contributed by atoms with Crippen molar-refractivity contribution in [2.45, 2.75) is 13.8 Å². The van der Waals surface area contributed by atoms with E-state index in [1.54, 1.807) is 13.2 Å². The van der Waals surface area contributed by atoms with Crippen LogP contribution in [0.4, 0.5) is 22.9 Å². The Labute approximate surface area is 232 Å². The van der Waals surface area contributed by atoms with Crippen molar-refractivity contribution in [2.75, 3.05) is 48.9 Å². The molecule has 1 saturated heterocycles. The molecule has 0 amide bonds. The Balaban J connectivity index is 1.21. The van der Waals surface area contributed by atoms with Gasteiger partial charge in [0.1, 0.15) is 11.6 Å². The SMILES string of the molecule is CN=C(C)/C=C(\C)Nc1cnc2nc(-c3ccc(Nc4ccnc5ccc(N6CCOCC6)cc45)nc3)[nH]c2c1. The molecule has 0 unspecified atom stereocenters. The molecular formula is C30H31N9O. The Morgan fingerprint density at radius 3 is 2.70 bits per heavy atom. The van der Waals surface area contributed by atoms with Crippen LogP contribution in [0.25, 0.3) is 33.5 Å². The molecular weight excluding hydrogens is 502 g/mol. The number of H-pyrrole nitrogens is 1. The number of allylic oxidation sites excluding steroid dienone is 2. The van der Waals surface area contributed by atoms with E-state index in [4.69, 9.17) is 4.74 Å². The highest BCUT2D eigenvalue weighted by atomic mass is 16.5. The summed E-state index contributed by atoms with van der Waals surface area (Å²) in [6.45, 7) is 7.23. The molecule has 10 nitrogen and oxygen atoms in total. The highest BCUT2D eigenvalue weighted by Gasteiger charge is 2.13. The second-order valence-electron chi connectivity index (χ2n) is 9.71. The molecule has 0 spiro atoms. The number of ether oxygens (including phenoxy) is 1. The Bertz CT molecular complexity index is 1720. The second kappa shape index (κ2) is 11.1.